The number of ether oxygens (including phenoxy) is 1. The van der Waals surface area contributed by atoms with E-state index < -0.39 is 0 Å². The van der Waals surface area contributed by atoms with Crippen molar-refractivity contribution in [2.24, 2.45) is 0 Å². The van der Waals surface area contributed by atoms with Crippen molar-refractivity contribution in [1.82, 2.24) is 9.80 Å². The lowest BCUT2D eigenvalue weighted by Gasteiger charge is -2.35. The minimum Gasteiger partial charge on any atom is -0.372 e. The van der Waals surface area contributed by atoms with E-state index in [0.717, 1.165) is 17.3 Å². The van der Waals surface area contributed by atoms with Crippen LogP contribution in [0.25, 0.3) is 6.08 Å². The Kier molecular flexibility index (Phi) is 6.69. The first kappa shape index (κ1) is 22.6. The molecule has 4 rings (SSSR count). The molecule has 0 bridgehead atoms. The van der Waals surface area contributed by atoms with Crippen LogP contribution in [0.3, 0.4) is 0 Å². The number of amides is 3. The fourth-order valence-corrected chi connectivity index (χ4v) is 4.94. The normalized spacial score (nSPS) is 22.7. The quantitative estimate of drug-likeness (QED) is 0.599. The van der Waals surface area contributed by atoms with E-state index in [1.54, 1.807) is 47.4 Å². The van der Waals surface area contributed by atoms with Crippen LogP contribution in [0.2, 0.25) is 5.02 Å². The molecule has 2 unspecified atom stereocenters. The number of morpholine rings is 1. The number of carbonyl (C=O) groups excluding carboxylic acids is 3. The summed E-state index contributed by atoms with van der Waals surface area (Å²) in [5.74, 6) is -0.427. The third-order valence-electron chi connectivity index (χ3n) is 5.24. The Morgan fingerprint density at radius 2 is 1.84 bits per heavy atom. The molecule has 3 amide bonds. The van der Waals surface area contributed by atoms with Crippen LogP contribution >= 0.6 is 23.4 Å². The summed E-state index contributed by atoms with van der Waals surface area (Å²) in [5.41, 5.74) is 2.01. The lowest BCUT2D eigenvalue weighted by molar-refractivity contribution is -0.123. The topological polar surface area (TPSA) is 66.9 Å². The molecule has 2 aliphatic rings. The molecule has 0 radical (unpaired) electrons. The van der Waals surface area contributed by atoms with Crippen LogP contribution in [0.5, 0.6) is 0 Å². The van der Waals surface area contributed by atoms with Crippen LogP contribution in [-0.4, -0.2) is 52.2 Å². The molecule has 2 fully saturated rings. The summed E-state index contributed by atoms with van der Waals surface area (Å²) in [5, 5.41) is 0.222. The second kappa shape index (κ2) is 9.48. The number of imide groups is 1. The molecule has 2 aromatic carbocycles. The molecule has 0 N–H and O–H groups in total. The van der Waals surface area contributed by atoms with Crippen LogP contribution in [-0.2, 0) is 16.1 Å². The molecular formula is C24H23ClN2O4S. The third-order valence-corrected chi connectivity index (χ3v) is 6.38. The maximum atomic E-state index is 13.0. The maximum Gasteiger partial charge on any atom is 0.293 e. The zero-order chi connectivity index (χ0) is 22.8. The second-order valence-electron chi connectivity index (χ2n) is 7.99. The van der Waals surface area contributed by atoms with E-state index in [4.69, 9.17) is 16.3 Å². The molecule has 0 aromatic heterocycles. The molecule has 2 aromatic rings. The highest BCUT2D eigenvalue weighted by atomic mass is 35.5. The van der Waals surface area contributed by atoms with Crippen LogP contribution in [0, 0.1) is 0 Å². The van der Waals surface area contributed by atoms with Crippen LogP contribution < -0.4 is 0 Å². The second-order valence-corrected chi connectivity index (χ2v) is 9.42. The van der Waals surface area contributed by atoms with E-state index in [1.807, 2.05) is 26.0 Å². The van der Waals surface area contributed by atoms with Gasteiger partial charge < -0.3 is 9.64 Å². The molecular weight excluding hydrogens is 448 g/mol. The number of rotatable bonds is 4. The van der Waals surface area contributed by atoms with Gasteiger partial charge >= 0.3 is 0 Å². The predicted octanol–water partition coefficient (Wildman–Crippen LogP) is 4.83. The highest BCUT2D eigenvalue weighted by Crippen LogP contribution is 2.33. The lowest BCUT2D eigenvalue weighted by atomic mass is 10.1. The third kappa shape index (κ3) is 5.06. The van der Waals surface area contributed by atoms with Gasteiger partial charge in [0.2, 0.25) is 0 Å². The van der Waals surface area contributed by atoms with Gasteiger partial charge in [0, 0.05) is 23.7 Å². The van der Waals surface area contributed by atoms with Gasteiger partial charge in [0.1, 0.15) is 0 Å². The molecule has 6 nitrogen and oxygen atoms in total. The number of benzene rings is 2. The minimum atomic E-state index is -0.354. The molecule has 32 heavy (non-hydrogen) atoms. The molecule has 0 spiro atoms. The predicted molar refractivity (Wildman–Crippen MR) is 125 cm³/mol. The molecule has 0 saturated carbocycles. The number of thioether (sulfide) groups is 1. The van der Waals surface area contributed by atoms with Crippen molar-refractivity contribution in [3.63, 3.8) is 0 Å². The Morgan fingerprint density at radius 3 is 2.56 bits per heavy atom. The van der Waals surface area contributed by atoms with E-state index in [0.29, 0.717) is 34.1 Å². The number of hydrogen-bond acceptors (Lipinski definition) is 5. The van der Waals surface area contributed by atoms with E-state index in [-0.39, 0.29) is 35.8 Å². The monoisotopic (exact) mass is 470 g/mol. The number of halogens is 1. The average molecular weight is 471 g/mol. The van der Waals surface area contributed by atoms with Crippen molar-refractivity contribution in [2.45, 2.75) is 32.6 Å². The summed E-state index contributed by atoms with van der Waals surface area (Å²) in [4.78, 5) is 41.6. The summed E-state index contributed by atoms with van der Waals surface area (Å²) in [6.07, 6.45) is 1.62. The van der Waals surface area contributed by atoms with Gasteiger partial charge in [0.05, 0.1) is 23.7 Å². The van der Waals surface area contributed by atoms with Gasteiger partial charge in [-0.1, -0.05) is 35.9 Å². The standard InChI is InChI=1S/C24H23ClN2O4S/c1-15-12-26(13-16(2)31-15)22(28)19-7-3-5-17(9-19)11-21-23(29)27(24(30)32-21)14-18-6-4-8-20(25)10-18/h3-11,15-16H,12-14H2,1-2H3/b21-11-. The molecule has 2 saturated heterocycles. The van der Waals surface area contributed by atoms with Gasteiger partial charge in [-0.3, -0.25) is 19.3 Å². The Morgan fingerprint density at radius 1 is 1.12 bits per heavy atom. The van der Waals surface area contributed by atoms with Gasteiger partial charge in [-0.2, -0.15) is 0 Å². The van der Waals surface area contributed by atoms with E-state index >= 15 is 0 Å². The van der Waals surface area contributed by atoms with Crippen LogP contribution in [0.15, 0.2) is 53.4 Å². The van der Waals surface area contributed by atoms with E-state index in [1.165, 1.54) is 4.90 Å². The van der Waals surface area contributed by atoms with Crippen molar-refractivity contribution < 1.29 is 19.1 Å². The molecule has 2 heterocycles. The minimum absolute atomic E-state index is 0.0167. The van der Waals surface area contributed by atoms with Crippen molar-refractivity contribution in [2.75, 3.05) is 13.1 Å². The largest absolute Gasteiger partial charge is 0.372 e. The fourth-order valence-electron chi connectivity index (χ4n) is 3.89. The van der Waals surface area contributed by atoms with Gasteiger partial charge in [-0.05, 0) is 67.1 Å². The first-order chi connectivity index (χ1) is 15.3. The van der Waals surface area contributed by atoms with Crippen molar-refractivity contribution >= 4 is 46.5 Å². The maximum absolute atomic E-state index is 13.0. The SMILES string of the molecule is CC1CN(C(=O)c2cccc(/C=C3\SC(=O)N(Cc4cccc(Cl)c4)C3=O)c2)CC(C)O1. The van der Waals surface area contributed by atoms with Crippen LogP contribution in [0.1, 0.15) is 35.3 Å². The van der Waals surface area contributed by atoms with Crippen molar-refractivity contribution in [3.8, 4) is 0 Å². The number of hydrogen-bond donors (Lipinski definition) is 0. The summed E-state index contributed by atoms with van der Waals surface area (Å²) in [6, 6.07) is 14.2. The molecule has 0 aliphatic carbocycles. The van der Waals surface area contributed by atoms with E-state index in [9.17, 15) is 14.4 Å². The van der Waals surface area contributed by atoms with Gasteiger partial charge in [-0.15, -0.1) is 0 Å². The summed E-state index contributed by atoms with van der Waals surface area (Å²) >= 11 is 6.91. The summed E-state index contributed by atoms with van der Waals surface area (Å²) in [6.45, 7) is 5.14. The summed E-state index contributed by atoms with van der Waals surface area (Å²) in [7, 11) is 0. The van der Waals surface area contributed by atoms with Crippen LogP contribution in [0.4, 0.5) is 4.79 Å². The first-order valence-electron chi connectivity index (χ1n) is 10.3. The van der Waals surface area contributed by atoms with Gasteiger partial charge in [0.25, 0.3) is 17.1 Å². The van der Waals surface area contributed by atoms with E-state index in [2.05, 4.69) is 0 Å². The van der Waals surface area contributed by atoms with Gasteiger partial charge in [-0.25, -0.2) is 0 Å². The highest BCUT2D eigenvalue weighted by Gasteiger charge is 2.35. The molecule has 2 atom stereocenters. The highest BCUT2D eigenvalue weighted by molar-refractivity contribution is 8.18. The first-order valence-corrected chi connectivity index (χ1v) is 11.5. The summed E-state index contributed by atoms with van der Waals surface area (Å²) < 4.78 is 5.71. The number of carbonyl (C=O) groups is 3. The average Bonchev–Trinajstić information content (AvgIpc) is 3.00. The zero-order valence-corrected chi connectivity index (χ0v) is 19.4. The molecule has 2 aliphatic heterocycles. The lowest BCUT2D eigenvalue weighted by Crippen LogP contribution is -2.48. The Hall–Kier alpha value is -2.61. The van der Waals surface area contributed by atoms with Crippen molar-refractivity contribution in [3.05, 3.63) is 75.1 Å². The fraction of sp³-hybridized carbons (Fsp3) is 0.292. The molecule has 8 heteroatoms. The Balaban J connectivity index is 1.51. The smallest absolute Gasteiger partial charge is 0.293 e. The zero-order valence-electron chi connectivity index (χ0n) is 17.8. The Bertz CT molecular complexity index is 1090. The molecule has 166 valence electrons. The van der Waals surface area contributed by atoms with Crippen molar-refractivity contribution in [1.29, 1.82) is 0 Å². The number of nitrogens with zero attached hydrogens (tertiary/aromatic N) is 2. The Labute approximate surface area is 196 Å². The van der Waals surface area contributed by atoms with Gasteiger partial charge in [0.15, 0.2) is 0 Å².